The number of hydrogen-bond donors (Lipinski definition) is 1. The number of oxazole rings is 1. The van der Waals surface area contributed by atoms with E-state index in [1.165, 1.54) is 6.26 Å². The third-order valence-corrected chi connectivity index (χ3v) is 2.94. The van der Waals surface area contributed by atoms with Gasteiger partial charge in [0.25, 0.3) is 5.91 Å². The molecule has 0 saturated heterocycles. The molecule has 22 heavy (non-hydrogen) atoms. The van der Waals surface area contributed by atoms with Crippen LogP contribution in [-0.2, 0) is 0 Å². The van der Waals surface area contributed by atoms with Crippen LogP contribution in [0.2, 0.25) is 0 Å². The molecule has 0 saturated carbocycles. The maximum Gasteiger partial charge on any atom is 0.293 e. The van der Waals surface area contributed by atoms with Crippen molar-refractivity contribution in [1.29, 1.82) is 0 Å². The zero-order chi connectivity index (χ0) is 15.2. The van der Waals surface area contributed by atoms with Crippen molar-refractivity contribution in [3.05, 3.63) is 78.2 Å². The molecule has 0 unspecified atom stereocenters. The summed E-state index contributed by atoms with van der Waals surface area (Å²) >= 11 is 0. The van der Waals surface area contributed by atoms with Gasteiger partial charge in [0.15, 0.2) is 5.69 Å². The molecular formula is C17H13N3O2. The molecule has 5 heteroatoms. The van der Waals surface area contributed by atoms with Gasteiger partial charge < -0.3 is 4.42 Å². The van der Waals surface area contributed by atoms with E-state index in [0.717, 1.165) is 11.1 Å². The number of amides is 1. The minimum Gasteiger partial charge on any atom is -0.444 e. The lowest BCUT2D eigenvalue weighted by Crippen LogP contribution is -2.17. The Morgan fingerprint density at radius 3 is 2.45 bits per heavy atom. The summed E-state index contributed by atoms with van der Waals surface area (Å²) in [6, 6.07) is 18.9. The number of benzene rings is 2. The van der Waals surface area contributed by atoms with Gasteiger partial charge in [0.05, 0.1) is 6.21 Å². The molecule has 108 valence electrons. The van der Waals surface area contributed by atoms with Gasteiger partial charge in [0, 0.05) is 5.56 Å². The molecule has 0 spiro atoms. The lowest BCUT2D eigenvalue weighted by atomic mass is 10.2. The predicted molar refractivity (Wildman–Crippen MR) is 83.4 cm³/mol. The summed E-state index contributed by atoms with van der Waals surface area (Å²) in [4.78, 5) is 16.1. The van der Waals surface area contributed by atoms with Gasteiger partial charge in [-0.25, -0.2) is 10.4 Å². The van der Waals surface area contributed by atoms with Gasteiger partial charge in [-0.1, -0.05) is 48.5 Å². The number of aromatic nitrogens is 1. The Labute approximate surface area is 127 Å². The van der Waals surface area contributed by atoms with Crippen LogP contribution in [0, 0.1) is 0 Å². The molecule has 1 aromatic heterocycles. The lowest BCUT2D eigenvalue weighted by Gasteiger charge is -1.95. The molecular weight excluding hydrogens is 278 g/mol. The summed E-state index contributed by atoms with van der Waals surface area (Å²) in [5.74, 6) is -0.0177. The highest BCUT2D eigenvalue weighted by molar-refractivity contribution is 5.93. The van der Waals surface area contributed by atoms with Gasteiger partial charge in [-0.3, -0.25) is 4.79 Å². The average molecular weight is 291 g/mol. The van der Waals surface area contributed by atoms with E-state index in [4.69, 9.17) is 4.42 Å². The minimum absolute atomic E-state index is 0.184. The fourth-order valence-corrected chi connectivity index (χ4v) is 1.85. The van der Waals surface area contributed by atoms with Crippen molar-refractivity contribution in [2.75, 3.05) is 0 Å². The standard InChI is InChI=1S/C17H13N3O2/c21-16(20-18-11-13-7-3-1-4-8-13)15-12-22-17(19-15)14-9-5-2-6-10-14/h1-12H,(H,20,21)/b18-11+. The molecule has 2 aromatic carbocycles. The summed E-state index contributed by atoms with van der Waals surface area (Å²) in [6.07, 6.45) is 2.88. The minimum atomic E-state index is -0.418. The normalized spacial score (nSPS) is 10.7. The molecule has 1 amide bonds. The second-order valence-corrected chi connectivity index (χ2v) is 4.51. The Bertz CT molecular complexity index is 780. The number of hydrogen-bond acceptors (Lipinski definition) is 4. The SMILES string of the molecule is O=C(N/N=C/c1ccccc1)c1coc(-c2ccccc2)n1. The third-order valence-electron chi connectivity index (χ3n) is 2.94. The first-order chi connectivity index (χ1) is 10.8. The average Bonchev–Trinajstić information content (AvgIpc) is 3.07. The van der Waals surface area contributed by atoms with E-state index in [0.29, 0.717) is 5.89 Å². The summed E-state index contributed by atoms with van der Waals surface area (Å²) in [5.41, 5.74) is 4.31. The molecule has 0 atom stereocenters. The van der Waals surface area contributed by atoms with Crippen LogP contribution in [0.4, 0.5) is 0 Å². The Hall–Kier alpha value is -3.21. The van der Waals surface area contributed by atoms with Crippen molar-refractivity contribution in [2.24, 2.45) is 5.10 Å². The fraction of sp³-hybridized carbons (Fsp3) is 0. The largest absolute Gasteiger partial charge is 0.444 e. The first kappa shape index (κ1) is 13.8. The van der Waals surface area contributed by atoms with Crippen molar-refractivity contribution in [2.45, 2.75) is 0 Å². The quantitative estimate of drug-likeness (QED) is 0.593. The van der Waals surface area contributed by atoms with Crippen LogP contribution in [-0.4, -0.2) is 17.1 Å². The zero-order valence-corrected chi connectivity index (χ0v) is 11.6. The summed E-state index contributed by atoms with van der Waals surface area (Å²) in [5, 5.41) is 3.89. The van der Waals surface area contributed by atoms with E-state index >= 15 is 0 Å². The Morgan fingerprint density at radius 2 is 1.73 bits per heavy atom. The molecule has 0 bridgehead atoms. The number of carbonyl (C=O) groups excluding carboxylic acids is 1. The second kappa shape index (κ2) is 6.49. The Balaban J connectivity index is 1.66. The summed E-state index contributed by atoms with van der Waals surface area (Å²) < 4.78 is 5.31. The zero-order valence-electron chi connectivity index (χ0n) is 11.6. The summed E-state index contributed by atoms with van der Waals surface area (Å²) in [6.45, 7) is 0. The van der Waals surface area contributed by atoms with Crippen molar-refractivity contribution in [3.8, 4) is 11.5 Å². The van der Waals surface area contributed by atoms with Crippen LogP contribution in [0.3, 0.4) is 0 Å². The van der Waals surface area contributed by atoms with Crippen LogP contribution in [0.15, 0.2) is 76.4 Å². The molecule has 0 aliphatic rings. The van der Waals surface area contributed by atoms with Crippen molar-refractivity contribution < 1.29 is 9.21 Å². The van der Waals surface area contributed by atoms with Crippen molar-refractivity contribution in [1.82, 2.24) is 10.4 Å². The lowest BCUT2D eigenvalue weighted by molar-refractivity contribution is 0.0950. The van der Waals surface area contributed by atoms with Gasteiger partial charge in [0.2, 0.25) is 5.89 Å². The molecule has 0 radical (unpaired) electrons. The van der Waals surface area contributed by atoms with Gasteiger partial charge in [0.1, 0.15) is 6.26 Å². The number of hydrazone groups is 1. The van der Waals surface area contributed by atoms with Crippen LogP contribution in [0.5, 0.6) is 0 Å². The van der Waals surface area contributed by atoms with Gasteiger partial charge in [-0.15, -0.1) is 0 Å². The Morgan fingerprint density at radius 1 is 1.05 bits per heavy atom. The van der Waals surface area contributed by atoms with E-state index in [2.05, 4.69) is 15.5 Å². The molecule has 1 N–H and O–H groups in total. The van der Waals surface area contributed by atoms with E-state index < -0.39 is 5.91 Å². The highest BCUT2D eigenvalue weighted by Crippen LogP contribution is 2.17. The number of nitrogens with one attached hydrogen (secondary N) is 1. The van der Waals surface area contributed by atoms with Gasteiger partial charge in [-0.2, -0.15) is 5.10 Å². The second-order valence-electron chi connectivity index (χ2n) is 4.51. The maximum atomic E-state index is 11.9. The predicted octanol–water partition coefficient (Wildman–Crippen LogP) is 3.11. The molecule has 1 heterocycles. The molecule has 0 aliphatic carbocycles. The van der Waals surface area contributed by atoms with E-state index in [-0.39, 0.29) is 5.69 Å². The molecule has 3 aromatic rings. The first-order valence-corrected chi connectivity index (χ1v) is 6.72. The number of carbonyl (C=O) groups is 1. The van der Waals surface area contributed by atoms with Crippen LogP contribution < -0.4 is 5.43 Å². The fourth-order valence-electron chi connectivity index (χ4n) is 1.85. The highest BCUT2D eigenvalue weighted by atomic mass is 16.3. The maximum absolute atomic E-state index is 11.9. The van der Waals surface area contributed by atoms with Crippen LogP contribution in [0.25, 0.3) is 11.5 Å². The van der Waals surface area contributed by atoms with E-state index in [9.17, 15) is 4.79 Å². The first-order valence-electron chi connectivity index (χ1n) is 6.72. The highest BCUT2D eigenvalue weighted by Gasteiger charge is 2.12. The molecule has 3 rings (SSSR count). The van der Waals surface area contributed by atoms with E-state index in [1.807, 2.05) is 60.7 Å². The van der Waals surface area contributed by atoms with Crippen LogP contribution >= 0.6 is 0 Å². The van der Waals surface area contributed by atoms with Crippen molar-refractivity contribution in [3.63, 3.8) is 0 Å². The molecule has 0 aliphatic heterocycles. The molecule has 5 nitrogen and oxygen atoms in total. The van der Waals surface area contributed by atoms with Crippen LogP contribution in [0.1, 0.15) is 16.1 Å². The van der Waals surface area contributed by atoms with Gasteiger partial charge >= 0.3 is 0 Å². The van der Waals surface area contributed by atoms with Crippen molar-refractivity contribution >= 4 is 12.1 Å². The van der Waals surface area contributed by atoms with E-state index in [1.54, 1.807) is 6.21 Å². The smallest absolute Gasteiger partial charge is 0.293 e. The number of rotatable bonds is 4. The third kappa shape index (κ3) is 3.27. The Kier molecular flexibility index (Phi) is 4.06. The number of nitrogens with zero attached hydrogens (tertiary/aromatic N) is 2. The monoisotopic (exact) mass is 291 g/mol. The van der Waals surface area contributed by atoms with Gasteiger partial charge in [-0.05, 0) is 17.7 Å². The molecule has 0 fully saturated rings. The topological polar surface area (TPSA) is 67.5 Å². The summed E-state index contributed by atoms with van der Waals surface area (Å²) in [7, 11) is 0.